The number of aromatic nitrogens is 1. The van der Waals surface area contributed by atoms with Crippen molar-refractivity contribution in [2.45, 2.75) is 13.2 Å². The predicted molar refractivity (Wildman–Crippen MR) is 88.2 cm³/mol. The lowest BCUT2D eigenvalue weighted by molar-refractivity contribution is 0.0438. The van der Waals surface area contributed by atoms with Gasteiger partial charge in [-0.3, -0.25) is 0 Å². The lowest BCUT2D eigenvalue weighted by atomic mass is 10.1. The highest BCUT2D eigenvalue weighted by atomic mass is 19.1. The zero-order valence-electron chi connectivity index (χ0n) is 13.6. The topological polar surface area (TPSA) is 61.6 Å². The summed E-state index contributed by atoms with van der Waals surface area (Å²) in [6.07, 6.45) is 1.51. The molecule has 1 aromatic heterocycles. The van der Waals surface area contributed by atoms with Crippen LogP contribution in [-0.4, -0.2) is 18.1 Å². The summed E-state index contributed by atoms with van der Waals surface area (Å²) in [5.41, 5.74) is 2.00. The van der Waals surface area contributed by atoms with Crippen LogP contribution >= 0.6 is 0 Å². The van der Waals surface area contributed by atoms with E-state index in [9.17, 15) is 9.18 Å². The summed E-state index contributed by atoms with van der Waals surface area (Å²) >= 11 is 0. The second-order valence-electron chi connectivity index (χ2n) is 5.33. The summed E-state index contributed by atoms with van der Waals surface area (Å²) in [6, 6.07) is 12.9. The number of benzene rings is 2. The van der Waals surface area contributed by atoms with Crippen molar-refractivity contribution in [2.75, 3.05) is 7.11 Å². The smallest absolute Gasteiger partial charge is 0.338 e. The maximum absolute atomic E-state index is 12.9. The number of esters is 1. The van der Waals surface area contributed by atoms with E-state index in [1.165, 1.54) is 18.3 Å². The van der Waals surface area contributed by atoms with E-state index in [4.69, 9.17) is 13.9 Å². The molecule has 3 rings (SSSR count). The van der Waals surface area contributed by atoms with Crippen molar-refractivity contribution < 1.29 is 23.1 Å². The molecule has 25 heavy (non-hydrogen) atoms. The van der Waals surface area contributed by atoms with Crippen LogP contribution in [0.25, 0.3) is 11.3 Å². The number of hydrogen-bond donors (Lipinski definition) is 0. The van der Waals surface area contributed by atoms with Crippen LogP contribution in [0.4, 0.5) is 4.39 Å². The third-order valence-corrected chi connectivity index (χ3v) is 3.48. The SMILES string of the molecule is COCc1cccc(C(=O)OCc2ncc(-c3ccc(F)cc3)o2)c1. The molecule has 0 aliphatic carbocycles. The van der Waals surface area contributed by atoms with Crippen LogP contribution in [0.15, 0.2) is 59.1 Å². The Labute approximate surface area is 144 Å². The minimum Gasteiger partial charge on any atom is -0.452 e. The van der Waals surface area contributed by atoms with Gasteiger partial charge in [-0.1, -0.05) is 12.1 Å². The van der Waals surface area contributed by atoms with E-state index in [0.29, 0.717) is 23.5 Å². The monoisotopic (exact) mass is 341 g/mol. The molecule has 0 atom stereocenters. The summed E-state index contributed by atoms with van der Waals surface area (Å²) in [5, 5.41) is 0. The normalized spacial score (nSPS) is 10.6. The van der Waals surface area contributed by atoms with Gasteiger partial charge in [0.25, 0.3) is 0 Å². The molecule has 0 N–H and O–H groups in total. The predicted octanol–water partition coefficient (Wildman–Crippen LogP) is 3.98. The summed E-state index contributed by atoms with van der Waals surface area (Å²) in [4.78, 5) is 16.2. The minimum atomic E-state index is -0.473. The fraction of sp³-hybridized carbons (Fsp3) is 0.158. The first-order valence-electron chi connectivity index (χ1n) is 7.61. The third kappa shape index (κ3) is 4.30. The second-order valence-corrected chi connectivity index (χ2v) is 5.33. The van der Waals surface area contributed by atoms with Crippen molar-refractivity contribution in [2.24, 2.45) is 0 Å². The molecule has 0 radical (unpaired) electrons. The molecule has 0 saturated heterocycles. The molecule has 128 valence electrons. The van der Waals surface area contributed by atoms with Gasteiger partial charge in [0.2, 0.25) is 5.89 Å². The highest BCUT2D eigenvalue weighted by Gasteiger charge is 2.12. The maximum atomic E-state index is 12.9. The summed E-state index contributed by atoms with van der Waals surface area (Å²) in [7, 11) is 1.59. The molecule has 2 aromatic carbocycles. The van der Waals surface area contributed by atoms with Crippen molar-refractivity contribution in [3.05, 3.63) is 77.6 Å². The van der Waals surface area contributed by atoms with Crippen LogP contribution in [-0.2, 0) is 22.7 Å². The van der Waals surface area contributed by atoms with E-state index < -0.39 is 5.97 Å². The minimum absolute atomic E-state index is 0.0888. The van der Waals surface area contributed by atoms with E-state index >= 15 is 0 Å². The molecule has 0 spiro atoms. The van der Waals surface area contributed by atoms with Gasteiger partial charge in [-0.15, -0.1) is 0 Å². The highest BCUT2D eigenvalue weighted by Crippen LogP contribution is 2.21. The fourth-order valence-electron chi connectivity index (χ4n) is 2.29. The van der Waals surface area contributed by atoms with E-state index in [-0.39, 0.29) is 18.3 Å². The number of carbonyl (C=O) groups is 1. The van der Waals surface area contributed by atoms with Crippen LogP contribution in [0.1, 0.15) is 21.8 Å². The molecule has 0 saturated carbocycles. The van der Waals surface area contributed by atoms with Gasteiger partial charge < -0.3 is 13.9 Å². The largest absolute Gasteiger partial charge is 0.452 e. The van der Waals surface area contributed by atoms with Crippen molar-refractivity contribution in [1.29, 1.82) is 0 Å². The number of hydrogen-bond acceptors (Lipinski definition) is 5. The number of nitrogens with zero attached hydrogens (tertiary/aromatic N) is 1. The van der Waals surface area contributed by atoms with Crippen molar-refractivity contribution in [1.82, 2.24) is 4.98 Å². The molecule has 0 aliphatic heterocycles. The quantitative estimate of drug-likeness (QED) is 0.635. The molecule has 0 aliphatic rings. The van der Waals surface area contributed by atoms with Crippen LogP contribution < -0.4 is 0 Å². The standard InChI is InChI=1S/C19H16FNO4/c1-23-11-13-3-2-4-15(9-13)19(22)24-12-18-21-10-17(25-18)14-5-7-16(20)8-6-14/h2-10H,11-12H2,1H3. The summed E-state index contributed by atoms with van der Waals surface area (Å²) in [5.74, 6) is -0.0542. The number of oxazole rings is 1. The Morgan fingerprint density at radius 2 is 1.96 bits per heavy atom. The summed E-state index contributed by atoms with van der Waals surface area (Å²) in [6.45, 7) is 0.330. The Hall–Kier alpha value is -2.99. The Morgan fingerprint density at radius 3 is 2.72 bits per heavy atom. The molecule has 5 nitrogen and oxygen atoms in total. The first-order valence-corrected chi connectivity index (χ1v) is 7.61. The first-order chi connectivity index (χ1) is 12.2. The van der Waals surface area contributed by atoms with Crippen molar-refractivity contribution in [3.63, 3.8) is 0 Å². The zero-order valence-corrected chi connectivity index (χ0v) is 13.6. The van der Waals surface area contributed by atoms with E-state index in [0.717, 1.165) is 5.56 Å². The Balaban J connectivity index is 1.63. The lowest BCUT2D eigenvalue weighted by Gasteiger charge is -2.05. The summed E-state index contributed by atoms with van der Waals surface area (Å²) < 4.78 is 28.7. The van der Waals surface area contributed by atoms with E-state index in [1.54, 1.807) is 37.4 Å². The fourth-order valence-corrected chi connectivity index (χ4v) is 2.29. The molecular weight excluding hydrogens is 325 g/mol. The van der Waals surface area contributed by atoms with Gasteiger partial charge in [-0.05, 0) is 42.0 Å². The molecule has 3 aromatic rings. The van der Waals surface area contributed by atoms with Gasteiger partial charge in [0.1, 0.15) is 5.82 Å². The number of halogens is 1. The second kappa shape index (κ2) is 7.72. The van der Waals surface area contributed by atoms with Gasteiger partial charge in [-0.25, -0.2) is 14.2 Å². The van der Waals surface area contributed by atoms with Crippen LogP contribution in [0.5, 0.6) is 0 Å². The molecule has 0 fully saturated rings. The average molecular weight is 341 g/mol. The molecular formula is C19H16FNO4. The van der Waals surface area contributed by atoms with Gasteiger partial charge >= 0.3 is 5.97 Å². The van der Waals surface area contributed by atoms with Crippen LogP contribution in [0, 0.1) is 5.82 Å². The van der Waals surface area contributed by atoms with Crippen molar-refractivity contribution in [3.8, 4) is 11.3 Å². The first kappa shape index (κ1) is 16.9. The van der Waals surface area contributed by atoms with Gasteiger partial charge in [0.05, 0.1) is 18.4 Å². The zero-order chi connectivity index (χ0) is 17.6. The Kier molecular flexibility index (Phi) is 5.20. The highest BCUT2D eigenvalue weighted by molar-refractivity contribution is 5.89. The van der Waals surface area contributed by atoms with Gasteiger partial charge in [-0.2, -0.15) is 0 Å². The molecule has 0 amide bonds. The number of methoxy groups -OCH3 is 1. The van der Waals surface area contributed by atoms with E-state index in [2.05, 4.69) is 4.98 Å². The molecule has 6 heteroatoms. The van der Waals surface area contributed by atoms with Crippen LogP contribution in [0.3, 0.4) is 0 Å². The number of rotatable bonds is 6. The van der Waals surface area contributed by atoms with Crippen molar-refractivity contribution >= 4 is 5.97 Å². The molecule has 0 unspecified atom stereocenters. The Bertz CT molecular complexity index is 858. The van der Waals surface area contributed by atoms with Crippen LogP contribution in [0.2, 0.25) is 0 Å². The van der Waals surface area contributed by atoms with E-state index in [1.807, 2.05) is 6.07 Å². The van der Waals surface area contributed by atoms with Gasteiger partial charge in [0.15, 0.2) is 12.4 Å². The number of ether oxygens (including phenoxy) is 2. The molecule has 1 heterocycles. The van der Waals surface area contributed by atoms with Gasteiger partial charge in [0, 0.05) is 12.7 Å². The lowest BCUT2D eigenvalue weighted by Crippen LogP contribution is -2.06. The molecule has 0 bridgehead atoms. The third-order valence-electron chi connectivity index (χ3n) is 3.48. The maximum Gasteiger partial charge on any atom is 0.338 e. The Morgan fingerprint density at radius 1 is 1.16 bits per heavy atom. The average Bonchev–Trinajstić information content (AvgIpc) is 3.10. The number of carbonyl (C=O) groups excluding carboxylic acids is 1.